The molecule has 2 N–H and O–H groups in total. The van der Waals surface area contributed by atoms with Crippen LogP contribution in [0.25, 0.3) is 0 Å². The van der Waals surface area contributed by atoms with Crippen molar-refractivity contribution in [2.45, 2.75) is 12.6 Å². The van der Waals surface area contributed by atoms with Gasteiger partial charge in [0.15, 0.2) is 0 Å². The van der Waals surface area contributed by atoms with E-state index in [0.29, 0.717) is 0 Å². The Hall–Kier alpha value is -1.39. The lowest BCUT2D eigenvalue weighted by atomic mass is 10.1. The Balaban J connectivity index is 1.97. The lowest BCUT2D eigenvalue weighted by molar-refractivity contribution is -0.125. The molecule has 1 aliphatic rings. The molecule has 0 spiro atoms. The summed E-state index contributed by atoms with van der Waals surface area (Å²) >= 11 is 0. The fourth-order valence-corrected chi connectivity index (χ4v) is 2.22. The number of rotatable bonds is 3. The fourth-order valence-electron chi connectivity index (χ4n) is 2.22. The topological polar surface area (TPSA) is 49.6 Å². The van der Waals surface area contributed by atoms with Gasteiger partial charge >= 0.3 is 0 Å². The zero-order chi connectivity index (χ0) is 12.3. The van der Waals surface area contributed by atoms with Crippen LogP contribution in [0, 0.1) is 0 Å². The smallest absolute Gasteiger partial charge is 0.236 e. The first-order valence-corrected chi connectivity index (χ1v) is 5.92. The van der Waals surface area contributed by atoms with Crippen LogP contribution in [0.1, 0.15) is 5.56 Å². The number of carbonyl (C=O) groups excluding carboxylic acids is 1. The van der Waals surface area contributed by atoms with E-state index in [-0.39, 0.29) is 11.9 Å². The number of benzene rings is 1. The summed E-state index contributed by atoms with van der Waals surface area (Å²) in [6.45, 7) is 3.48. The molecule has 1 unspecified atom stereocenters. The molecular formula is C13H19N3O. The number of hydrogen-bond acceptors (Lipinski definition) is 3. The second kappa shape index (κ2) is 5.29. The molecule has 0 bridgehead atoms. The molecule has 0 saturated carbocycles. The van der Waals surface area contributed by atoms with Crippen LogP contribution < -0.4 is 5.73 Å². The number of carbonyl (C=O) groups is 1. The lowest BCUT2D eigenvalue weighted by Gasteiger charge is -2.37. The third kappa shape index (κ3) is 3.05. The van der Waals surface area contributed by atoms with Crippen molar-refractivity contribution in [1.82, 2.24) is 9.80 Å². The van der Waals surface area contributed by atoms with Gasteiger partial charge in [0.25, 0.3) is 0 Å². The van der Waals surface area contributed by atoms with E-state index >= 15 is 0 Å². The number of likely N-dealkylation sites (N-methyl/N-ethyl adjacent to an activating group) is 1. The van der Waals surface area contributed by atoms with Gasteiger partial charge in [-0.2, -0.15) is 0 Å². The maximum Gasteiger partial charge on any atom is 0.236 e. The molecule has 92 valence electrons. The van der Waals surface area contributed by atoms with Crippen LogP contribution >= 0.6 is 0 Å². The standard InChI is InChI=1S/C13H19N3O/c1-15-7-8-16(10-12(15)13(14)17)9-11-5-3-2-4-6-11/h2-6,12H,7-10H2,1H3,(H2,14,17). The summed E-state index contributed by atoms with van der Waals surface area (Å²) in [6, 6.07) is 10.1. The van der Waals surface area contributed by atoms with Gasteiger partial charge in [-0.25, -0.2) is 0 Å². The molecule has 1 heterocycles. The summed E-state index contributed by atoms with van der Waals surface area (Å²) in [5.41, 5.74) is 6.68. The van der Waals surface area contributed by atoms with Crippen LogP contribution in [0.3, 0.4) is 0 Å². The maximum absolute atomic E-state index is 11.3. The Morgan fingerprint density at radius 3 is 2.71 bits per heavy atom. The largest absolute Gasteiger partial charge is 0.368 e. The molecule has 1 amide bonds. The Morgan fingerprint density at radius 2 is 2.06 bits per heavy atom. The third-order valence-electron chi connectivity index (χ3n) is 3.31. The van der Waals surface area contributed by atoms with Crippen molar-refractivity contribution in [3.05, 3.63) is 35.9 Å². The van der Waals surface area contributed by atoms with Crippen LogP contribution in [0.4, 0.5) is 0 Å². The molecule has 0 radical (unpaired) electrons. The normalized spacial score (nSPS) is 22.5. The third-order valence-corrected chi connectivity index (χ3v) is 3.31. The zero-order valence-electron chi connectivity index (χ0n) is 10.2. The SMILES string of the molecule is CN1CCN(Cc2ccccc2)CC1C(N)=O. The van der Waals surface area contributed by atoms with E-state index in [0.717, 1.165) is 26.2 Å². The van der Waals surface area contributed by atoms with Gasteiger partial charge in [0, 0.05) is 26.2 Å². The molecule has 1 aliphatic heterocycles. The predicted molar refractivity (Wildman–Crippen MR) is 67.3 cm³/mol. The lowest BCUT2D eigenvalue weighted by Crippen LogP contribution is -2.56. The van der Waals surface area contributed by atoms with Gasteiger partial charge in [-0.1, -0.05) is 30.3 Å². The Kier molecular flexibility index (Phi) is 3.76. The Bertz CT molecular complexity index is 380. The van der Waals surface area contributed by atoms with E-state index in [4.69, 9.17) is 5.73 Å². The van der Waals surface area contributed by atoms with E-state index in [9.17, 15) is 4.79 Å². The molecule has 1 atom stereocenters. The Morgan fingerprint density at radius 1 is 1.35 bits per heavy atom. The van der Waals surface area contributed by atoms with Gasteiger partial charge in [0.05, 0.1) is 0 Å². The minimum Gasteiger partial charge on any atom is -0.368 e. The molecular weight excluding hydrogens is 214 g/mol. The van der Waals surface area contributed by atoms with E-state index in [1.54, 1.807) is 0 Å². The van der Waals surface area contributed by atoms with Gasteiger partial charge in [0.2, 0.25) is 5.91 Å². The number of piperazine rings is 1. The monoisotopic (exact) mass is 233 g/mol. The minimum absolute atomic E-state index is 0.160. The van der Waals surface area contributed by atoms with Crippen LogP contribution in [0.15, 0.2) is 30.3 Å². The molecule has 1 fully saturated rings. The number of amides is 1. The van der Waals surface area contributed by atoms with Gasteiger partial charge in [-0.3, -0.25) is 14.6 Å². The van der Waals surface area contributed by atoms with E-state index < -0.39 is 0 Å². The predicted octanol–water partition coefficient (Wildman–Crippen LogP) is 0.288. The molecule has 2 rings (SSSR count). The van der Waals surface area contributed by atoms with E-state index in [1.807, 2.05) is 30.1 Å². The first kappa shape index (κ1) is 12.1. The highest BCUT2D eigenvalue weighted by molar-refractivity contribution is 5.80. The van der Waals surface area contributed by atoms with Crippen molar-refractivity contribution in [3.8, 4) is 0 Å². The van der Waals surface area contributed by atoms with Gasteiger partial charge in [-0.05, 0) is 12.6 Å². The maximum atomic E-state index is 11.3. The summed E-state index contributed by atoms with van der Waals surface area (Å²) in [6.07, 6.45) is 0. The molecule has 1 saturated heterocycles. The molecule has 0 aliphatic carbocycles. The van der Waals surface area contributed by atoms with Crippen molar-refractivity contribution < 1.29 is 4.79 Å². The van der Waals surface area contributed by atoms with Crippen LogP contribution in [-0.2, 0) is 11.3 Å². The van der Waals surface area contributed by atoms with Crippen molar-refractivity contribution in [2.75, 3.05) is 26.7 Å². The first-order valence-electron chi connectivity index (χ1n) is 5.92. The molecule has 17 heavy (non-hydrogen) atoms. The van der Waals surface area contributed by atoms with Crippen molar-refractivity contribution in [1.29, 1.82) is 0 Å². The second-order valence-corrected chi connectivity index (χ2v) is 4.62. The summed E-state index contributed by atoms with van der Waals surface area (Å²) in [4.78, 5) is 15.6. The fraction of sp³-hybridized carbons (Fsp3) is 0.462. The average Bonchev–Trinajstić information content (AvgIpc) is 2.32. The van der Waals surface area contributed by atoms with Crippen molar-refractivity contribution in [3.63, 3.8) is 0 Å². The second-order valence-electron chi connectivity index (χ2n) is 4.62. The number of nitrogens with two attached hydrogens (primary N) is 1. The van der Waals surface area contributed by atoms with Crippen molar-refractivity contribution >= 4 is 5.91 Å². The van der Waals surface area contributed by atoms with Gasteiger partial charge in [-0.15, -0.1) is 0 Å². The molecule has 1 aromatic carbocycles. The molecule has 4 heteroatoms. The summed E-state index contributed by atoms with van der Waals surface area (Å²) in [7, 11) is 1.95. The average molecular weight is 233 g/mol. The highest BCUT2D eigenvalue weighted by Crippen LogP contribution is 2.11. The quantitative estimate of drug-likeness (QED) is 0.816. The van der Waals surface area contributed by atoms with Crippen LogP contribution in [0.2, 0.25) is 0 Å². The molecule has 0 aromatic heterocycles. The zero-order valence-corrected chi connectivity index (χ0v) is 10.2. The van der Waals surface area contributed by atoms with E-state index in [1.165, 1.54) is 5.56 Å². The van der Waals surface area contributed by atoms with Crippen molar-refractivity contribution in [2.24, 2.45) is 5.73 Å². The molecule has 1 aromatic rings. The van der Waals surface area contributed by atoms with Gasteiger partial charge < -0.3 is 5.73 Å². The Labute approximate surface area is 102 Å². The highest BCUT2D eigenvalue weighted by Gasteiger charge is 2.28. The number of primary amides is 1. The summed E-state index contributed by atoms with van der Waals surface area (Å²) < 4.78 is 0. The van der Waals surface area contributed by atoms with Crippen LogP contribution in [-0.4, -0.2) is 48.4 Å². The van der Waals surface area contributed by atoms with Crippen LogP contribution in [0.5, 0.6) is 0 Å². The first-order chi connectivity index (χ1) is 8.16. The van der Waals surface area contributed by atoms with E-state index in [2.05, 4.69) is 17.0 Å². The number of hydrogen-bond donors (Lipinski definition) is 1. The number of nitrogens with zero attached hydrogens (tertiary/aromatic N) is 2. The van der Waals surface area contributed by atoms with Gasteiger partial charge in [0.1, 0.15) is 6.04 Å². The molecule has 4 nitrogen and oxygen atoms in total. The highest BCUT2D eigenvalue weighted by atomic mass is 16.1. The summed E-state index contributed by atoms with van der Waals surface area (Å²) in [5.74, 6) is -0.231. The summed E-state index contributed by atoms with van der Waals surface area (Å²) in [5, 5.41) is 0. The minimum atomic E-state index is -0.231.